The van der Waals surface area contributed by atoms with Crippen molar-refractivity contribution in [2.75, 3.05) is 13.1 Å². The molecule has 0 aromatic rings. The molecule has 2 aliphatic carbocycles. The Kier molecular flexibility index (Phi) is 6.82. The van der Waals surface area contributed by atoms with Crippen molar-refractivity contribution < 1.29 is 0 Å². The number of aliphatic imine (C=N–C) groups is 2. The van der Waals surface area contributed by atoms with Gasteiger partial charge in [0.1, 0.15) is 0 Å². The Morgan fingerprint density at radius 3 is 1.44 bits per heavy atom. The van der Waals surface area contributed by atoms with Gasteiger partial charge in [0.15, 0.2) is 0 Å². The van der Waals surface area contributed by atoms with Crippen molar-refractivity contribution in [3.8, 4) is 0 Å². The maximum Gasteiger partial charge on any atom is 0.0392 e. The second-order valence-corrected chi connectivity index (χ2v) is 9.82. The molecule has 0 amide bonds. The predicted molar refractivity (Wildman–Crippen MR) is 112 cm³/mol. The van der Waals surface area contributed by atoms with Crippen LogP contribution in [0.3, 0.4) is 0 Å². The Morgan fingerprint density at radius 2 is 1.08 bits per heavy atom. The minimum absolute atomic E-state index is 0.382. The van der Waals surface area contributed by atoms with Gasteiger partial charge in [-0.1, -0.05) is 38.8 Å². The topological polar surface area (TPSA) is 24.7 Å². The van der Waals surface area contributed by atoms with E-state index in [1.165, 1.54) is 54.7 Å². The van der Waals surface area contributed by atoms with Gasteiger partial charge in [-0.25, -0.2) is 0 Å². The highest BCUT2D eigenvalue weighted by Gasteiger charge is 2.25. The number of allylic oxidation sites excluding steroid dienone is 4. The zero-order valence-corrected chi connectivity index (χ0v) is 17.4. The van der Waals surface area contributed by atoms with E-state index >= 15 is 0 Å². The molecule has 140 valence electrons. The minimum Gasteiger partial charge on any atom is -0.290 e. The molecule has 2 heteroatoms. The van der Waals surface area contributed by atoms with Crippen LogP contribution in [0.15, 0.2) is 33.3 Å². The van der Waals surface area contributed by atoms with Crippen molar-refractivity contribution in [1.82, 2.24) is 0 Å². The predicted octanol–water partition coefficient (Wildman–Crippen LogP) is 6.57. The Morgan fingerprint density at radius 1 is 0.680 bits per heavy atom. The average Bonchev–Trinajstić information content (AvgIpc) is 2.41. The normalized spacial score (nSPS) is 25.8. The lowest BCUT2D eigenvalue weighted by Gasteiger charge is -2.29. The lowest BCUT2D eigenvalue weighted by molar-refractivity contribution is 0.373. The minimum atomic E-state index is 0.382. The molecule has 2 nitrogen and oxygen atoms in total. The summed E-state index contributed by atoms with van der Waals surface area (Å²) >= 11 is 0. The molecule has 0 atom stereocenters. The number of rotatable bonds is 6. The summed E-state index contributed by atoms with van der Waals surface area (Å²) in [6.45, 7) is 15.8. The zero-order valence-electron chi connectivity index (χ0n) is 17.4. The van der Waals surface area contributed by atoms with Crippen molar-refractivity contribution >= 4 is 11.4 Å². The monoisotopic (exact) mass is 342 g/mol. The van der Waals surface area contributed by atoms with Crippen LogP contribution in [0, 0.1) is 10.8 Å². The first kappa shape index (κ1) is 20.1. The van der Waals surface area contributed by atoms with Gasteiger partial charge in [-0.05, 0) is 81.8 Å². The molecule has 0 aromatic carbocycles. The van der Waals surface area contributed by atoms with Gasteiger partial charge >= 0.3 is 0 Å². The average molecular weight is 343 g/mol. The molecule has 0 spiro atoms. The van der Waals surface area contributed by atoms with E-state index in [1.54, 1.807) is 0 Å². The van der Waals surface area contributed by atoms with E-state index in [4.69, 9.17) is 9.98 Å². The molecule has 0 saturated heterocycles. The molecular formula is C23H38N2. The van der Waals surface area contributed by atoms with Gasteiger partial charge in [-0.2, -0.15) is 0 Å². The fourth-order valence-corrected chi connectivity index (χ4v) is 4.44. The lowest BCUT2D eigenvalue weighted by Crippen LogP contribution is -2.21. The van der Waals surface area contributed by atoms with Gasteiger partial charge in [0, 0.05) is 24.5 Å². The molecule has 0 unspecified atom stereocenters. The molecule has 2 rings (SSSR count). The summed E-state index contributed by atoms with van der Waals surface area (Å²) in [5.41, 5.74) is 6.33. The van der Waals surface area contributed by atoms with Crippen molar-refractivity contribution in [2.45, 2.75) is 86.5 Å². The summed E-state index contributed by atoms with van der Waals surface area (Å²) in [6, 6.07) is 0. The second kappa shape index (κ2) is 8.47. The SMILES string of the molecule is CC1=CC(=NCCCCCN=C2C=C(C)CC(C)(C)C2)CC(C)(C)C1. The summed E-state index contributed by atoms with van der Waals surface area (Å²) in [4.78, 5) is 9.68. The quantitative estimate of drug-likeness (QED) is 0.488. The Labute approximate surface area is 155 Å². The molecule has 2 aliphatic rings. The summed E-state index contributed by atoms with van der Waals surface area (Å²) in [5, 5.41) is 0. The third-order valence-corrected chi connectivity index (χ3v) is 5.11. The maximum absolute atomic E-state index is 4.84. The fourth-order valence-electron chi connectivity index (χ4n) is 4.44. The van der Waals surface area contributed by atoms with Gasteiger partial charge in [-0.3, -0.25) is 9.98 Å². The van der Waals surface area contributed by atoms with Crippen LogP contribution in [-0.2, 0) is 0 Å². The Bertz CT molecular complexity index is 533. The van der Waals surface area contributed by atoms with Crippen molar-refractivity contribution in [3.63, 3.8) is 0 Å². The van der Waals surface area contributed by atoms with Crippen molar-refractivity contribution in [3.05, 3.63) is 23.3 Å². The molecule has 0 fully saturated rings. The molecule has 0 radical (unpaired) electrons. The molecular weight excluding hydrogens is 304 g/mol. The molecule has 0 aromatic heterocycles. The van der Waals surface area contributed by atoms with Crippen LogP contribution in [0.25, 0.3) is 0 Å². The van der Waals surface area contributed by atoms with Crippen molar-refractivity contribution in [2.24, 2.45) is 20.8 Å². The van der Waals surface area contributed by atoms with Gasteiger partial charge < -0.3 is 0 Å². The van der Waals surface area contributed by atoms with E-state index in [0.29, 0.717) is 10.8 Å². The van der Waals surface area contributed by atoms with E-state index in [0.717, 1.165) is 25.9 Å². The van der Waals surface area contributed by atoms with Gasteiger partial charge in [0.2, 0.25) is 0 Å². The Hall–Kier alpha value is -1.18. The van der Waals surface area contributed by atoms with E-state index in [2.05, 4.69) is 53.7 Å². The van der Waals surface area contributed by atoms with Gasteiger partial charge in [0.25, 0.3) is 0 Å². The molecule has 0 heterocycles. The third-order valence-electron chi connectivity index (χ3n) is 5.11. The summed E-state index contributed by atoms with van der Waals surface area (Å²) in [7, 11) is 0. The van der Waals surface area contributed by atoms with E-state index in [1.807, 2.05) is 0 Å². The zero-order chi connectivity index (χ0) is 18.5. The first-order valence-electron chi connectivity index (χ1n) is 10.1. The highest BCUT2D eigenvalue weighted by atomic mass is 14.7. The molecule has 0 saturated carbocycles. The van der Waals surface area contributed by atoms with Crippen LogP contribution < -0.4 is 0 Å². The summed E-state index contributed by atoms with van der Waals surface area (Å²) < 4.78 is 0. The van der Waals surface area contributed by atoms with Crippen LogP contribution in [0.4, 0.5) is 0 Å². The van der Waals surface area contributed by atoms with E-state index < -0.39 is 0 Å². The molecule has 0 N–H and O–H groups in total. The van der Waals surface area contributed by atoms with Crippen LogP contribution in [-0.4, -0.2) is 24.5 Å². The van der Waals surface area contributed by atoms with Crippen LogP contribution in [0.5, 0.6) is 0 Å². The summed E-state index contributed by atoms with van der Waals surface area (Å²) in [5.74, 6) is 0. The number of nitrogens with zero attached hydrogens (tertiary/aromatic N) is 2. The first-order valence-corrected chi connectivity index (χ1v) is 10.1. The first-order chi connectivity index (χ1) is 11.7. The Balaban J connectivity index is 1.69. The number of unbranched alkanes of at least 4 members (excludes halogenated alkanes) is 2. The van der Waals surface area contributed by atoms with Gasteiger partial charge in [0.05, 0.1) is 0 Å². The number of hydrogen-bond donors (Lipinski definition) is 0. The molecule has 25 heavy (non-hydrogen) atoms. The smallest absolute Gasteiger partial charge is 0.0392 e. The second-order valence-electron chi connectivity index (χ2n) is 9.82. The van der Waals surface area contributed by atoms with E-state index in [-0.39, 0.29) is 0 Å². The van der Waals surface area contributed by atoms with Crippen LogP contribution >= 0.6 is 0 Å². The molecule has 0 aliphatic heterocycles. The number of hydrogen-bond acceptors (Lipinski definition) is 2. The third kappa shape index (κ3) is 7.30. The van der Waals surface area contributed by atoms with Crippen LogP contribution in [0.1, 0.15) is 86.5 Å². The largest absolute Gasteiger partial charge is 0.290 e. The fraction of sp³-hybridized carbons (Fsp3) is 0.739. The maximum atomic E-state index is 4.84. The lowest BCUT2D eigenvalue weighted by atomic mass is 9.77. The highest BCUT2D eigenvalue weighted by Crippen LogP contribution is 2.34. The van der Waals surface area contributed by atoms with E-state index in [9.17, 15) is 0 Å². The standard InChI is InChI=1S/C23H38N2/c1-18-12-20(16-22(3,4)14-18)24-10-8-7-9-11-25-21-13-19(2)15-23(5,6)17-21/h12-13H,7-11,14-17H2,1-6H3. The summed E-state index contributed by atoms with van der Waals surface area (Å²) in [6.07, 6.45) is 12.9. The highest BCUT2D eigenvalue weighted by molar-refractivity contribution is 5.97. The molecule has 0 bridgehead atoms. The van der Waals surface area contributed by atoms with Crippen LogP contribution in [0.2, 0.25) is 0 Å². The van der Waals surface area contributed by atoms with Gasteiger partial charge in [-0.15, -0.1) is 0 Å². The van der Waals surface area contributed by atoms with Crippen molar-refractivity contribution in [1.29, 1.82) is 0 Å².